The van der Waals surface area contributed by atoms with E-state index in [9.17, 15) is 9.59 Å². The predicted octanol–water partition coefficient (Wildman–Crippen LogP) is 0.165. The van der Waals surface area contributed by atoms with Crippen LogP contribution in [-0.2, 0) is 19.1 Å². The second-order valence-corrected chi connectivity index (χ2v) is 6.75. The number of rotatable bonds is 3. The van der Waals surface area contributed by atoms with Crippen molar-refractivity contribution < 1.29 is 19.1 Å². The third kappa shape index (κ3) is 2.96. The van der Waals surface area contributed by atoms with Gasteiger partial charge in [0.2, 0.25) is 11.8 Å². The molecule has 2 fully saturated rings. The number of nitrogens with one attached hydrogen (secondary N) is 1. The van der Waals surface area contributed by atoms with Gasteiger partial charge < -0.3 is 19.7 Å². The Kier molecular flexibility index (Phi) is 4.07. The highest BCUT2D eigenvalue weighted by Crippen LogP contribution is 2.27. The molecule has 2 amide bonds. The van der Waals surface area contributed by atoms with Gasteiger partial charge in [0, 0.05) is 20.1 Å². The lowest BCUT2D eigenvalue weighted by atomic mass is 9.84. The molecule has 0 aliphatic carbocycles. The summed E-state index contributed by atoms with van der Waals surface area (Å²) in [6.07, 6.45) is 0.745. The highest BCUT2D eigenvalue weighted by molar-refractivity contribution is 5.95. The van der Waals surface area contributed by atoms with E-state index in [4.69, 9.17) is 9.47 Å². The molecular weight excluding hydrogens is 260 g/mol. The maximum absolute atomic E-state index is 12.6. The molecule has 0 spiro atoms. The van der Waals surface area contributed by atoms with Crippen molar-refractivity contribution >= 4 is 11.8 Å². The molecule has 2 heterocycles. The van der Waals surface area contributed by atoms with E-state index in [0.29, 0.717) is 19.8 Å². The molecule has 0 aromatic heterocycles. The predicted molar refractivity (Wildman–Crippen MR) is 73.1 cm³/mol. The van der Waals surface area contributed by atoms with E-state index in [2.05, 4.69) is 5.32 Å². The molecule has 1 N–H and O–H groups in total. The van der Waals surface area contributed by atoms with Crippen LogP contribution in [0.25, 0.3) is 0 Å². The fourth-order valence-corrected chi connectivity index (χ4v) is 2.71. The second kappa shape index (κ2) is 5.33. The number of hydrogen-bond acceptors (Lipinski definition) is 4. The summed E-state index contributed by atoms with van der Waals surface area (Å²) in [6, 6.07) is -0.486. The van der Waals surface area contributed by atoms with Gasteiger partial charge in [0.15, 0.2) is 0 Å². The summed E-state index contributed by atoms with van der Waals surface area (Å²) >= 11 is 0. The van der Waals surface area contributed by atoms with Gasteiger partial charge in [-0.25, -0.2) is 0 Å². The molecule has 114 valence electrons. The van der Waals surface area contributed by atoms with Crippen molar-refractivity contribution in [3.63, 3.8) is 0 Å². The Morgan fingerprint density at radius 2 is 2.15 bits per heavy atom. The first-order valence-corrected chi connectivity index (χ1v) is 6.98. The molecule has 2 aliphatic rings. The Balaban J connectivity index is 2.14. The van der Waals surface area contributed by atoms with Crippen molar-refractivity contribution in [1.29, 1.82) is 0 Å². The van der Waals surface area contributed by atoms with Crippen molar-refractivity contribution in [1.82, 2.24) is 10.2 Å². The second-order valence-electron chi connectivity index (χ2n) is 6.75. The maximum atomic E-state index is 12.6. The van der Waals surface area contributed by atoms with E-state index < -0.39 is 11.6 Å². The van der Waals surface area contributed by atoms with E-state index >= 15 is 0 Å². The third-order valence-corrected chi connectivity index (χ3v) is 4.04. The minimum absolute atomic E-state index is 0.0413. The first kappa shape index (κ1) is 15.3. The standard InChI is InChI=1S/C14H24N2O4/c1-13(2,3)11-12(18)16(7-10(17)15-11)8-14(19-4)5-6-20-9-14/h11H,5-9H2,1-4H3,(H,15,17). The zero-order chi connectivity index (χ0) is 15.0. The van der Waals surface area contributed by atoms with Crippen LogP contribution in [0.3, 0.4) is 0 Å². The highest BCUT2D eigenvalue weighted by atomic mass is 16.5. The number of piperazine rings is 1. The van der Waals surface area contributed by atoms with E-state index in [1.807, 2.05) is 20.8 Å². The van der Waals surface area contributed by atoms with Crippen LogP contribution in [0.5, 0.6) is 0 Å². The van der Waals surface area contributed by atoms with Crippen LogP contribution < -0.4 is 5.32 Å². The zero-order valence-electron chi connectivity index (χ0n) is 12.7. The van der Waals surface area contributed by atoms with Crippen LogP contribution in [0.4, 0.5) is 0 Å². The topological polar surface area (TPSA) is 67.9 Å². The fourth-order valence-electron chi connectivity index (χ4n) is 2.71. The molecule has 2 unspecified atom stereocenters. The Labute approximate surface area is 119 Å². The summed E-state index contributed by atoms with van der Waals surface area (Å²) in [7, 11) is 1.63. The van der Waals surface area contributed by atoms with Gasteiger partial charge in [-0.15, -0.1) is 0 Å². The molecule has 6 heteroatoms. The van der Waals surface area contributed by atoms with Gasteiger partial charge in [0.25, 0.3) is 0 Å². The number of carbonyl (C=O) groups is 2. The van der Waals surface area contributed by atoms with E-state index in [1.165, 1.54) is 0 Å². The number of carbonyl (C=O) groups excluding carboxylic acids is 2. The first-order chi connectivity index (χ1) is 9.27. The molecule has 0 saturated carbocycles. The summed E-state index contributed by atoms with van der Waals surface area (Å²) in [5.41, 5.74) is -0.784. The third-order valence-electron chi connectivity index (χ3n) is 4.04. The maximum Gasteiger partial charge on any atom is 0.246 e. The molecule has 2 rings (SSSR count). The van der Waals surface area contributed by atoms with Gasteiger partial charge in [-0.05, 0) is 5.41 Å². The van der Waals surface area contributed by atoms with Crippen molar-refractivity contribution in [3.8, 4) is 0 Å². The van der Waals surface area contributed by atoms with Gasteiger partial charge in [-0.1, -0.05) is 20.8 Å². The molecule has 0 aromatic rings. The summed E-state index contributed by atoms with van der Waals surface area (Å²) in [5.74, 6) is -0.157. The number of methoxy groups -OCH3 is 1. The van der Waals surface area contributed by atoms with Gasteiger partial charge in [0.05, 0.1) is 19.7 Å². The summed E-state index contributed by atoms with van der Waals surface area (Å²) in [6.45, 7) is 7.44. The quantitative estimate of drug-likeness (QED) is 0.802. The molecule has 0 aromatic carbocycles. The van der Waals surface area contributed by atoms with Gasteiger partial charge in [0.1, 0.15) is 11.6 Å². The van der Waals surface area contributed by atoms with Crippen LogP contribution in [0.2, 0.25) is 0 Å². The number of nitrogens with zero attached hydrogens (tertiary/aromatic N) is 1. The molecule has 0 bridgehead atoms. The van der Waals surface area contributed by atoms with E-state index in [-0.39, 0.29) is 23.8 Å². The van der Waals surface area contributed by atoms with Crippen molar-refractivity contribution in [2.75, 3.05) is 33.4 Å². The molecule has 0 radical (unpaired) electrons. The average molecular weight is 284 g/mol. The molecule has 6 nitrogen and oxygen atoms in total. The summed E-state index contributed by atoms with van der Waals surface area (Å²) in [5, 5.41) is 2.79. The Hall–Kier alpha value is -1.14. The SMILES string of the molecule is COC1(CN2CC(=O)NC(C(C)(C)C)C2=O)CCOC1. The molecule has 2 atom stereocenters. The van der Waals surface area contributed by atoms with Gasteiger partial charge in [-0.3, -0.25) is 9.59 Å². The van der Waals surface area contributed by atoms with Crippen molar-refractivity contribution in [2.24, 2.45) is 5.41 Å². The Bertz CT molecular complexity index is 396. The van der Waals surface area contributed by atoms with Crippen LogP contribution in [0.15, 0.2) is 0 Å². The Morgan fingerprint density at radius 3 is 2.65 bits per heavy atom. The number of amides is 2. The van der Waals surface area contributed by atoms with Gasteiger partial charge >= 0.3 is 0 Å². The molecule has 2 saturated heterocycles. The molecule has 20 heavy (non-hydrogen) atoms. The van der Waals surface area contributed by atoms with Crippen molar-refractivity contribution in [2.45, 2.75) is 38.8 Å². The summed E-state index contributed by atoms with van der Waals surface area (Å²) in [4.78, 5) is 26.0. The monoisotopic (exact) mass is 284 g/mol. The lowest BCUT2D eigenvalue weighted by Gasteiger charge is -2.41. The first-order valence-electron chi connectivity index (χ1n) is 6.98. The Morgan fingerprint density at radius 1 is 1.45 bits per heavy atom. The van der Waals surface area contributed by atoms with Crippen molar-refractivity contribution in [3.05, 3.63) is 0 Å². The fraction of sp³-hybridized carbons (Fsp3) is 0.857. The molecule has 2 aliphatic heterocycles. The van der Waals surface area contributed by atoms with Crippen LogP contribution in [0.1, 0.15) is 27.2 Å². The van der Waals surface area contributed by atoms with Gasteiger partial charge in [-0.2, -0.15) is 0 Å². The van der Waals surface area contributed by atoms with E-state index in [0.717, 1.165) is 6.42 Å². The average Bonchev–Trinajstić information content (AvgIpc) is 2.81. The van der Waals surface area contributed by atoms with Crippen LogP contribution in [-0.4, -0.2) is 61.8 Å². The summed E-state index contributed by atoms with van der Waals surface area (Å²) < 4.78 is 10.9. The number of hydrogen-bond donors (Lipinski definition) is 1. The zero-order valence-corrected chi connectivity index (χ0v) is 12.7. The lowest BCUT2D eigenvalue weighted by Crippen LogP contribution is -2.64. The molecular formula is C14H24N2O4. The normalized spacial score (nSPS) is 31.6. The highest BCUT2D eigenvalue weighted by Gasteiger charge is 2.44. The largest absolute Gasteiger partial charge is 0.378 e. The van der Waals surface area contributed by atoms with Crippen LogP contribution >= 0.6 is 0 Å². The lowest BCUT2D eigenvalue weighted by molar-refractivity contribution is -0.151. The number of ether oxygens (including phenoxy) is 2. The minimum Gasteiger partial charge on any atom is -0.378 e. The van der Waals surface area contributed by atoms with E-state index in [1.54, 1.807) is 12.0 Å². The smallest absolute Gasteiger partial charge is 0.246 e. The minimum atomic E-state index is -0.486. The van der Waals surface area contributed by atoms with Crippen LogP contribution in [0, 0.1) is 5.41 Å².